The van der Waals surface area contributed by atoms with Crippen LogP contribution >= 0.6 is 0 Å². The zero-order valence-corrected chi connectivity index (χ0v) is 14.8. The van der Waals surface area contributed by atoms with Crippen LogP contribution in [0.2, 0.25) is 0 Å². The van der Waals surface area contributed by atoms with Crippen molar-refractivity contribution in [1.29, 1.82) is 0 Å². The largest absolute Gasteiger partial charge is 0.478 e. The maximum absolute atomic E-state index is 11.4. The molecule has 0 saturated heterocycles. The van der Waals surface area contributed by atoms with Gasteiger partial charge in [0.1, 0.15) is 5.82 Å². The van der Waals surface area contributed by atoms with Crippen molar-refractivity contribution >= 4 is 49.9 Å². The number of nitrogens with one attached hydrogen (secondary N) is 1. The lowest BCUT2D eigenvalue weighted by Gasteiger charge is -2.13. The molecule has 0 aliphatic carbocycles. The maximum Gasteiger partial charge on any atom is 0.335 e. The minimum absolute atomic E-state index is 0.208. The number of aromatic nitrogens is 2. The van der Waals surface area contributed by atoms with Gasteiger partial charge >= 0.3 is 5.97 Å². The average Bonchev–Trinajstić information content (AvgIpc) is 2.73. The number of hydrogen-bond donors (Lipinski definition) is 2. The summed E-state index contributed by atoms with van der Waals surface area (Å²) in [7, 11) is 0. The van der Waals surface area contributed by atoms with E-state index in [1.807, 2.05) is 30.3 Å². The van der Waals surface area contributed by atoms with Crippen LogP contribution in [0.15, 0.2) is 79.1 Å². The summed E-state index contributed by atoms with van der Waals surface area (Å²) in [5.74, 6) is -0.303. The Morgan fingerprint density at radius 2 is 1.71 bits per heavy atom. The fraction of sp³-hybridized carbons (Fsp3) is 0. The molecule has 28 heavy (non-hydrogen) atoms. The first kappa shape index (κ1) is 16.2. The summed E-state index contributed by atoms with van der Waals surface area (Å²) in [4.78, 5) is 20.4. The number of benzene rings is 3. The fourth-order valence-electron chi connectivity index (χ4n) is 3.54. The van der Waals surface area contributed by atoms with Gasteiger partial charge in [-0.2, -0.15) is 0 Å². The average molecular weight is 365 g/mol. The quantitative estimate of drug-likeness (QED) is 0.420. The van der Waals surface area contributed by atoms with Gasteiger partial charge in [0, 0.05) is 39.6 Å². The molecule has 0 aliphatic heterocycles. The molecule has 0 saturated carbocycles. The zero-order valence-electron chi connectivity index (χ0n) is 14.8. The molecule has 0 spiro atoms. The second-order valence-electron chi connectivity index (χ2n) is 6.57. The van der Waals surface area contributed by atoms with Gasteiger partial charge in [0.05, 0.1) is 11.1 Å². The van der Waals surface area contributed by atoms with E-state index in [-0.39, 0.29) is 5.56 Å². The summed E-state index contributed by atoms with van der Waals surface area (Å²) in [5, 5.41) is 17.7. The van der Waals surface area contributed by atoms with Crippen molar-refractivity contribution < 1.29 is 9.90 Å². The van der Waals surface area contributed by atoms with Gasteiger partial charge in [-0.3, -0.25) is 4.98 Å². The van der Waals surface area contributed by atoms with Crippen LogP contribution in [0.25, 0.3) is 32.4 Å². The summed E-state index contributed by atoms with van der Waals surface area (Å²) in [5.41, 5.74) is 1.76. The van der Waals surface area contributed by atoms with Gasteiger partial charge in [0.2, 0.25) is 0 Å². The molecular weight excluding hydrogens is 350 g/mol. The van der Waals surface area contributed by atoms with Crippen LogP contribution in [0.5, 0.6) is 0 Å². The van der Waals surface area contributed by atoms with Crippen molar-refractivity contribution in [2.24, 2.45) is 0 Å². The van der Waals surface area contributed by atoms with Gasteiger partial charge in [-0.15, -0.1) is 0 Å². The third-order valence-electron chi connectivity index (χ3n) is 4.89. The van der Waals surface area contributed by atoms with Crippen LogP contribution in [-0.4, -0.2) is 21.0 Å². The summed E-state index contributed by atoms with van der Waals surface area (Å²) >= 11 is 0. The molecule has 5 rings (SSSR count). The lowest BCUT2D eigenvalue weighted by molar-refractivity contribution is 0.0697. The Morgan fingerprint density at radius 1 is 0.857 bits per heavy atom. The molecule has 2 heterocycles. The van der Waals surface area contributed by atoms with E-state index in [1.165, 1.54) is 0 Å². The smallest absolute Gasteiger partial charge is 0.335 e. The molecule has 2 aromatic heterocycles. The molecule has 5 aromatic rings. The van der Waals surface area contributed by atoms with Crippen molar-refractivity contribution in [1.82, 2.24) is 9.97 Å². The Labute approximate surface area is 160 Å². The molecule has 0 atom stereocenters. The predicted molar refractivity (Wildman–Crippen MR) is 111 cm³/mol. The summed E-state index contributed by atoms with van der Waals surface area (Å²) in [6.45, 7) is 0. The van der Waals surface area contributed by atoms with Crippen molar-refractivity contribution in [3.8, 4) is 0 Å². The predicted octanol–water partition coefficient (Wildman–Crippen LogP) is 5.38. The summed E-state index contributed by atoms with van der Waals surface area (Å²) in [6.07, 6.45) is 3.52. The second kappa shape index (κ2) is 6.32. The molecule has 0 radical (unpaired) electrons. The second-order valence-corrected chi connectivity index (χ2v) is 6.57. The Bertz CT molecular complexity index is 1370. The molecular formula is C23H15N3O2. The van der Waals surface area contributed by atoms with Crippen LogP contribution in [-0.2, 0) is 0 Å². The van der Waals surface area contributed by atoms with Gasteiger partial charge in [-0.05, 0) is 29.7 Å². The topological polar surface area (TPSA) is 75.1 Å². The molecule has 0 unspecified atom stereocenters. The van der Waals surface area contributed by atoms with E-state index in [4.69, 9.17) is 4.98 Å². The lowest BCUT2D eigenvalue weighted by atomic mass is 10.1. The van der Waals surface area contributed by atoms with Crippen LogP contribution < -0.4 is 5.32 Å². The maximum atomic E-state index is 11.4. The van der Waals surface area contributed by atoms with Gasteiger partial charge in [-0.1, -0.05) is 42.5 Å². The highest BCUT2D eigenvalue weighted by molar-refractivity contribution is 6.12. The summed E-state index contributed by atoms with van der Waals surface area (Å²) < 4.78 is 0. The van der Waals surface area contributed by atoms with Crippen LogP contribution in [0.4, 0.5) is 11.5 Å². The van der Waals surface area contributed by atoms with Gasteiger partial charge < -0.3 is 10.4 Å². The van der Waals surface area contributed by atoms with E-state index in [1.54, 1.807) is 30.6 Å². The number of hydrogen-bond acceptors (Lipinski definition) is 4. The van der Waals surface area contributed by atoms with Crippen molar-refractivity contribution in [2.45, 2.75) is 0 Å². The molecule has 5 heteroatoms. The first-order valence-electron chi connectivity index (χ1n) is 8.86. The number of carboxylic acids is 1. The normalized spacial score (nSPS) is 11.1. The monoisotopic (exact) mass is 365 g/mol. The van der Waals surface area contributed by atoms with Crippen LogP contribution in [0, 0.1) is 0 Å². The molecule has 0 aliphatic rings. The van der Waals surface area contributed by atoms with E-state index >= 15 is 0 Å². The third-order valence-corrected chi connectivity index (χ3v) is 4.89. The number of anilines is 2. The minimum Gasteiger partial charge on any atom is -0.478 e. The fourth-order valence-corrected chi connectivity index (χ4v) is 3.54. The van der Waals surface area contributed by atoms with Gasteiger partial charge in [-0.25, -0.2) is 9.78 Å². The van der Waals surface area contributed by atoms with Gasteiger partial charge in [0.15, 0.2) is 0 Å². The van der Waals surface area contributed by atoms with E-state index in [2.05, 4.69) is 28.5 Å². The highest BCUT2D eigenvalue weighted by Gasteiger charge is 2.12. The third kappa shape index (κ3) is 2.61. The molecule has 3 aromatic carbocycles. The summed E-state index contributed by atoms with van der Waals surface area (Å²) in [6, 6.07) is 21.1. The highest BCUT2D eigenvalue weighted by Crippen LogP contribution is 2.33. The number of nitrogens with zero attached hydrogens (tertiary/aromatic N) is 2. The first-order valence-corrected chi connectivity index (χ1v) is 8.86. The molecule has 0 bridgehead atoms. The molecule has 2 N–H and O–H groups in total. The van der Waals surface area contributed by atoms with E-state index in [0.29, 0.717) is 11.3 Å². The Balaban J connectivity index is 1.76. The molecule has 5 nitrogen and oxygen atoms in total. The number of fused-ring (bicyclic) bond motifs is 4. The molecule has 0 amide bonds. The number of carbonyl (C=O) groups is 1. The Hall–Kier alpha value is -3.99. The first-order chi connectivity index (χ1) is 13.7. The van der Waals surface area contributed by atoms with E-state index in [0.717, 1.165) is 32.6 Å². The van der Waals surface area contributed by atoms with Crippen molar-refractivity contribution in [3.63, 3.8) is 0 Å². The van der Waals surface area contributed by atoms with E-state index in [9.17, 15) is 9.90 Å². The number of pyridine rings is 2. The Kier molecular flexibility index (Phi) is 3.66. The lowest BCUT2D eigenvalue weighted by Crippen LogP contribution is -1.99. The Morgan fingerprint density at radius 3 is 2.61 bits per heavy atom. The zero-order chi connectivity index (χ0) is 19.1. The number of rotatable bonds is 3. The van der Waals surface area contributed by atoms with Crippen LogP contribution in [0.1, 0.15) is 10.4 Å². The van der Waals surface area contributed by atoms with Gasteiger partial charge in [0.25, 0.3) is 0 Å². The molecule has 0 fully saturated rings. The van der Waals surface area contributed by atoms with Crippen LogP contribution in [0.3, 0.4) is 0 Å². The SMILES string of the molecule is O=C(O)c1ccc2c(c1)nc(Nc1cccc3ccccc13)c1ccncc12. The number of aromatic carboxylic acids is 1. The van der Waals surface area contributed by atoms with Crippen molar-refractivity contribution in [2.75, 3.05) is 5.32 Å². The number of carboxylic acid groups (broad SMARTS) is 1. The minimum atomic E-state index is -0.974. The van der Waals surface area contributed by atoms with E-state index < -0.39 is 5.97 Å². The highest BCUT2D eigenvalue weighted by atomic mass is 16.4. The standard InChI is InChI=1S/C23H15N3O2/c27-23(28)15-8-9-17-19-13-24-11-10-18(19)22(26-21(17)12-15)25-20-7-3-5-14-4-1-2-6-16(14)20/h1-13H,(H,25,26)(H,27,28). The molecule has 134 valence electrons. The van der Waals surface area contributed by atoms with Crippen molar-refractivity contribution in [3.05, 3.63) is 84.7 Å².